The van der Waals surface area contributed by atoms with Gasteiger partial charge in [-0.1, -0.05) is 54.1 Å². The van der Waals surface area contributed by atoms with Crippen LogP contribution in [0.1, 0.15) is 23.6 Å². The molecule has 2 atom stereocenters. The zero-order valence-corrected chi connectivity index (χ0v) is 29.6. The van der Waals surface area contributed by atoms with Gasteiger partial charge in [-0.15, -0.1) is 0 Å². The SMILES string of the molecule is C/C=C/C=C(\C=C\N1Cc2cnc(N)nc2N(C)C1=O)C(=O)N1C[C@@H](C(=O)NCCc2c[nH]c3ccccc23)[C@H](C(=O)NCc2ccc(Cl)cc2)C1. The third-order valence-electron chi connectivity index (χ3n) is 9.23. The van der Waals surface area contributed by atoms with E-state index < -0.39 is 11.8 Å². The van der Waals surface area contributed by atoms with Crippen LogP contribution in [-0.2, 0) is 33.9 Å². The van der Waals surface area contributed by atoms with Crippen molar-refractivity contribution in [2.75, 3.05) is 37.3 Å². The number of carbonyl (C=O) groups excluding carboxylic acids is 4. The molecule has 0 aliphatic carbocycles. The number of nitrogens with two attached hydrogens (primary N) is 1. The Kier molecular flexibility index (Phi) is 11.0. The number of fused-ring (bicyclic) bond motifs is 2. The molecule has 2 aromatic heterocycles. The summed E-state index contributed by atoms with van der Waals surface area (Å²) in [6.07, 6.45) is 12.3. The predicted octanol–water partition coefficient (Wildman–Crippen LogP) is 4.33. The summed E-state index contributed by atoms with van der Waals surface area (Å²) in [6.45, 7) is 2.67. The van der Waals surface area contributed by atoms with Crippen LogP contribution < -0.4 is 21.3 Å². The van der Waals surface area contributed by atoms with E-state index in [1.165, 1.54) is 20.9 Å². The lowest BCUT2D eigenvalue weighted by atomic mass is 9.94. The van der Waals surface area contributed by atoms with E-state index in [-0.39, 0.29) is 61.5 Å². The van der Waals surface area contributed by atoms with E-state index in [1.807, 2.05) is 49.5 Å². The van der Waals surface area contributed by atoms with Gasteiger partial charge in [-0.2, -0.15) is 4.98 Å². The molecule has 1 fully saturated rings. The number of nitrogen functional groups attached to an aromatic ring is 1. The Labute approximate surface area is 306 Å². The van der Waals surface area contributed by atoms with Gasteiger partial charge in [0.15, 0.2) is 0 Å². The standard InChI is InChI=1S/C38H40ClN9O4/c1-3-4-7-25(15-17-47-21-27-20-44-37(40)45-33(27)46(2)38(47)52)36(51)48-22-30(31(23-48)35(50)43-18-24-10-12-28(39)13-11-24)34(49)41-16-14-26-19-42-32-9-6-5-8-29(26)32/h3-13,15,17,19-20,30-31,42H,14,16,18,21-23H2,1-2H3,(H,41,49)(H,43,50)(H2,40,44,45)/b4-3+,17-15+,25-7+/t30-,31-/m1/s1. The van der Waals surface area contributed by atoms with Crippen LogP contribution in [0.15, 0.2) is 97.0 Å². The number of nitrogens with zero attached hydrogens (tertiary/aromatic N) is 5. The van der Waals surface area contributed by atoms with E-state index in [0.29, 0.717) is 29.4 Å². The summed E-state index contributed by atoms with van der Waals surface area (Å²) in [5, 5.41) is 7.63. The second kappa shape index (κ2) is 15.9. The fourth-order valence-corrected chi connectivity index (χ4v) is 6.55. The van der Waals surface area contributed by atoms with E-state index in [9.17, 15) is 19.2 Å². The molecule has 2 aromatic carbocycles. The molecule has 5 amide bonds. The van der Waals surface area contributed by atoms with Crippen molar-refractivity contribution >= 4 is 58.0 Å². The summed E-state index contributed by atoms with van der Waals surface area (Å²) in [5.41, 5.74) is 9.63. The zero-order chi connectivity index (χ0) is 36.8. The maximum Gasteiger partial charge on any atom is 0.329 e. The first-order chi connectivity index (χ1) is 25.1. The normalized spacial score (nSPS) is 17.7. The van der Waals surface area contributed by atoms with Crippen LogP contribution >= 0.6 is 11.6 Å². The van der Waals surface area contributed by atoms with E-state index in [4.69, 9.17) is 17.3 Å². The van der Waals surface area contributed by atoms with Crippen molar-refractivity contribution in [2.45, 2.75) is 26.4 Å². The number of urea groups is 1. The number of amides is 5. The molecule has 0 bridgehead atoms. The number of carbonyl (C=O) groups is 4. The summed E-state index contributed by atoms with van der Waals surface area (Å²) < 4.78 is 0. The minimum Gasteiger partial charge on any atom is -0.368 e. The number of hydrogen-bond donors (Lipinski definition) is 4. The maximum atomic E-state index is 14.1. The minimum absolute atomic E-state index is 0.0321. The number of likely N-dealkylation sites (tertiary alicyclic amines) is 1. The van der Waals surface area contributed by atoms with E-state index in [2.05, 4.69) is 25.6 Å². The van der Waals surface area contributed by atoms with Crippen LogP contribution in [-0.4, -0.2) is 75.2 Å². The van der Waals surface area contributed by atoms with Crippen LogP contribution in [0.2, 0.25) is 5.02 Å². The van der Waals surface area contributed by atoms with Gasteiger partial charge in [-0.25, -0.2) is 9.78 Å². The van der Waals surface area contributed by atoms with Gasteiger partial charge in [0.25, 0.3) is 5.91 Å². The van der Waals surface area contributed by atoms with Gasteiger partial charge < -0.3 is 26.3 Å². The Balaban J connectivity index is 1.18. The number of aromatic amines is 1. The Morgan fingerprint density at radius 2 is 1.79 bits per heavy atom. The van der Waals surface area contributed by atoms with Crippen LogP contribution in [0.25, 0.3) is 10.9 Å². The van der Waals surface area contributed by atoms with Crippen LogP contribution in [0.3, 0.4) is 0 Å². The molecule has 14 heteroatoms. The molecule has 0 saturated carbocycles. The first-order valence-electron chi connectivity index (χ1n) is 16.9. The predicted molar refractivity (Wildman–Crippen MR) is 200 cm³/mol. The second-order valence-corrected chi connectivity index (χ2v) is 13.1. The lowest BCUT2D eigenvalue weighted by Crippen LogP contribution is -2.43. The average molecular weight is 722 g/mol. The van der Waals surface area contributed by atoms with Crippen LogP contribution in [0.4, 0.5) is 16.6 Å². The highest BCUT2D eigenvalue weighted by atomic mass is 35.5. The van der Waals surface area contributed by atoms with Crippen molar-refractivity contribution in [1.82, 2.24) is 35.4 Å². The molecule has 6 rings (SSSR count). The van der Waals surface area contributed by atoms with Gasteiger partial charge in [-0.05, 0) is 54.8 Å². The second-order valence-electron chi connectivity index (χ2n) is 12.7. The number of anilines is 2. The number of allylic oxidation sites excluding steroid dienone is 3. The quantitative estimate of drug-likeness (QED) is 0.132. The molecule has 1 saturated heterocycles. The molecule has 4 heterocycles. The first-order valence-corrected chi connectivity index (χ1v) is 17.3. The van der Waals surface area contributed by atoms with Gasteiger partial charge in [0.2, 0.25) is 17.8 Å². The number of halogens is 1. The van der Waals surface area contributed by atoms with Gasteiger partial charge in [0.05, 0.1) is 18.4 Å². The molecule has 52 heavy (non-hydrogen) atoms. The number of H-pyrrole nitrogens is 1. The maximum absolute atomic E-state index is 14.1. The van der Waals surface area contributed by atoms with Crippen molar-refractivity contribution in [3.8, 4) is 0 Å². The molecule has 13 nitrogen and oxygen atoms in total. The fraction of sp³-hybridized carbons (Fsp3) is 0.263. The molecular weight excluding hydrogens is 682 g/mol. The number of para-hydroxylation sites is 1. The van der Waals surface area contributed by atoms with Crippen molar-refractivity contribution in [3.63, 3.8) is 0 Å². The van der Waals surface area contributed by atoms with E-state index in [0.717, 1.165) is 22.0 Å². The molecular formula is C38H40ClN9O4. The fourth-order valence-electron chi connectivity index (χ4n) is 6.43. The number of benzene rings is 2. The minimum atomic E-state index is -0.794. The van der Waals surface area contributed by atoms with E-state index in [1.54, 1.807) is 49.7 Å². The van der Waals surface area contributed by atoms with Crippen molar-refractivity contribution < 1.29 is 19.2 Å². The summed E-state index contributed by atoms with van der Waals surface area (Å²) >= 11 is 6.03. The Hall–Kier alpha value is -5.95. The topological polar surface area (TPSA) is 170 Å². The third-order valence-corrected chi connectivity index (χ3v) is 9.48. The summed E-state index contributed by atoms with van der Waals surface area (Å²) in [7, 11) is 1.59. The number of nitrogens with one attached hydrogen (secondary N) is 3. The molecule has 2 aliphatic heterocycles. The zero-order valence-electron chi connectivity index (χ0n) is 28.9. The highest BCUT2D eigenvalue weighted by Crippen LogP contribution is 2.28. The smallest absolute Gasteiger partial charge is 0.329 e. The lowest BCUT2D eigenvalue weighted by Gasteiger charge is -2.31. The van der Waals surface area contributed by atoms with Gasteiger partial charge in [0.1, 0.15) is 5.82 Å². The van der Waals surface area contributed by atoms with Gasteiger partial charge in [-0.3, -0.25) is 24.2 Å². The summed E-state index contributed by atoms with van der Waals surface area (Å²) in [5.74, 6) is -2.12. The number of aromatic nitrogens is 3. The Morgan fingerprint density at radius 1 is 1.06 bits per heavy atom. The van der Waals surface area contributed by atoms with Crippen molar-refractivity contribution in [2.24, 2.45) is 11.8 Å². The monoisotopic (exact) mass is 721 g/mol. The van der Waals surface area contributed by atoms with Crippen LogP contribution in [0.5, 0.6) is 0 Å². The van der Waals surface area contributed by atoms with Crippen molar-refractivity contribution in [3.05, 3.63) is 119 Å². The Bertz CT molecular complexity index is 2070. The molecule has 2 aliphatic rings. The van der Waals surface area contributed by atoms with Crippen molar-refractivity contribution in [1.29, 1.82) is 0 Å². The third kappa shape index (κ3) is 8.00. The molecule has 5 N–H and O–H groups in total. The highest BCUT2D eigenvalue weighted by Gasteiger charge is 2.43. The molecule has 268 valence electrons. The van der Waals surface area contributed by atoms with Gasteiger partial charge >= 0.3 is 6.03 Å². The number of hydrogen-bond acceptors (Lipinski definition) is 7. The average Bonchev–Trinajstić information content (AvgIpc) is 3.79. The molecule has 0 unspecified atom stereocenters. The largest absolute Gasteiger partial charge is 0.368 e. The highest BCUT2D eigenvalue weighted by molar-refractivity contribution is 6.30. The summed E-state index contributed by atoms with van der Waals surface area (Å²) in [6, 6.07) is 14.7. The molecule has 0 spiro atoms. The molecule has 4 aromatic rings. The lowest BCUT2D eigenvalue weighted by molar-refractivity contribution is -0.133. The summed E-state index contributed by atoms with van der Waals surface area (Å²) in [4.78, 5) is 70.5. The Morgan fingerprint density at radius 3 is 2.54 bits per heavy atom. The van der Waals surface area contributed by atoms with Crippen LogP contribution in [0, 0.1) is 11.8 Å². The van der Waals surface area contributed by atoms with Gasteiger partial charge in [0, 0.05) is 78.9 Å². The van der Waals surface area contributed by atoms with E-state index >= 15 is 0 Å². The first kappa shape index (κ1) is 35.9. The molecule has 0 radical (unpaired) electrons. The number of rotatable bonds is 11.